The smallest absolute Gasteiger partial charge is 0.255 e. The van der Waals surface area contributed by atoms with Gasteiger partial charge < -0.3 is 5.32 Å². The predicted octanol–water partition coefficient (Wildman–Crippen LogP) is 3.88. The molecule has 0 aliphatic carbocycles. The second-order valence-electron chi connectivity index (χ2n) is 3.63. The Morgan fingerprint density at radius 1 is 1.28 bits per heavy atom. The average molecular weight is 326 g/mol. The van der Waals surface area contributed by atoms with E-state index in [0.29, 0.717) is 11.3 Å². The molecule has 5 heteroatoms. The lowest BCUT2D eigenvalue weighted by Crippen LogP contribution is -2.12. The van der Waals surface area contributed by atoms with Gasteiger partial charge in [0.15, 0.2) is 5.15 Å². The van der Waals surface area contributed by atoms with Gasteiger partial charge in [0, 0.05) is 17.1 Å². The molecule has 0 atom stereocenters. The maximum atomic E-state index is 12.0. The second kappa shape index (κ2) is 5.98. The number of amides is 1. The molecule has 1 N–H and O–H groups in total. The van der Waals surface area contributed by atoms with Crippen LogP contribution in [0, 0.1) is 0 Å². The Morgan fingerprint density at radius 3 is 2.61 bits per heavy atom. The van der Waals surface area contributed by atoms with Gasteiger partial charge in [-0.25, -0.2) is 4.98 Å². The minimum Gasteiger partial charge on any atom is -0.319 e. The first kappa shape index (κ1) is 13.1. The number of nitrogens with one attached hydrogen (secondary N) is 1. The van der Waals surface area contributed by atoms with Crippen LogP contribution in [0.3, 0.4) is 0 Å². The summed E-state index contributed by atoms with van der Waals surface area (Å²) in [4.78, 5) is 15.9. The van der Waals surface area contributed by atoms with Crippen molar-refractivity contribution in [3.63, 3.8) is 0 Å². The minimum atomic E-state index is -0.203. The number of aromatic nitrogens is 1. The molecule has 1 heterocycles. The maximum absolute atomic E-state index is 12.0. The lowest BCUT2D eigenvalue weighted by atomic mass is 10.1. The van der Waals surface area contributed by atoms with Crippen molar-refractivity contribution in [2.75, 3.05) is 5.32 Å². The molecule has 1 aromatic carbocycles. The monoisotopic (exact) mass is 324 g/mol. The Kier molecular flexibility index (Phi) is 4.33. The maximum Gasteiger partial charge on any atom is 0.255 e. The molecule has 3 nitrogen and oxygen atoms in total. The SMILES string of the molecule is O=C(Nc1cccnc1Cl)c1ccc(CBr)cc1. The summed E-state index contributed by atoms with van der Waals surface area (Å²) < 4.78 is 0. The van der Waals surface area contributed by atoms with Crippen molar-refractivity contribution >= 4 is 39.1 Å². The molecule has 1 amide bonds. The van der Waals surface area contributed by atoms with E-state index in [2.05, 4.69) is 26.2 Å². The van der Waals surface area contributed by atoms with Crippen LogP contribution in [0.4, 0.5) is 5.69 Å². The number of carbonyl (C=O) groups excluding carboxylic acids is 1. The first-order valence-electron chi connectivity index (χ1n) is 5.27. The highest BCUT2D eigenvalue weighted by Crippen LogP contribution is 2.18. The van der Waals surface area contributed by atoms with E-state index in [1.54, 1.807) is 30.5 Å². The van der Waals surface area contributed by atoms with Gasteiger partial charge in [0.1, 0.15) is 0 Å². The van der Waals surface area contributed by atoms with Gasteiger partial charge in [-0.05, 0) is 29.8 Å². The number of hydrogen-bond donors (Lipinski definition) is 1. The number of rotatable bonds is 3. The Bertz CT molecular complexity index is 557. The van der Waals surface area contributed by atoms with Crippen molar-refractivity contribution in [1.29, 1.82) is 0 Å². The minimum absolute atomic E-state index is 0.203. The molecule has 0 saturated carbocycles. The molecule has 0 aliphatic rings. The van der Waals surface area contributed by atoms with E-state index in [9.17, 15) is 4.79 Å². The Balaban J connectivity index is 2.14. The molecule has 2 rings (SSSR count). The number of halogens is 2. The van der Waals surface area contributed by atoms with Crippen LogP contribution in [0.2, 0.25) is 5.15 Å². The molecule has 2 aromatic rings. The second-order valence-corrected chi connectivity index (χ2v) is 4.55. The van der Waals surface area contributed by atoms with E-state index in [0.717, 1.165) is 10.9 Å². The van der Waals surface area contributed by atoms with Gasteiger partial charge in [0.2, 0.25) is 0 Å². The number of nitrogens with zero attached hydrogens (tertiary/aromatic N) is 1. The Labute approximate surface area is 118 Å². The summed E-state index contributed by atoms with van der Waals surface area (Å²) in [6.45, 7) is 0. The highest BCUT2D eigenvalue weighted by Gasteiger charge is 2.08. The van der Waals surface area contributed by atoms with Crippen molar-refractivity contribution in [2.45, 2.75) is 5.33 Å². The van der Waals surface area contributed by atoms with Gasteiger partial charge in [0.25, 0.3) is 5.91 Å². The summed E-state index contributed by atoms with van der Waals surface area (Å²) in [5.74, 6) is -0.203. The molecule has 0 radical (unpaired) electrons. The van der Waals surface area contributed by atoms with Gasteiger partial charge in [-0.15, -0.1) is 0 Å². The fraction of sp³-hybridized carbons (Fsp3) is 0.0769. The van der Waals surface area contributed by atoms with E-state index >= 15 is 0 Å². The molecule has 92 valence electrons. The number of carbonyl (C=O) groups is 1. The van der Waals surface area contributed by atoms with Crippen LogP contribution >= 0.6 is 27.5 Å². The zero-order valence-electron chi connectivity index (χ0n) is 9.36. The van der Waals surface area contributed by atoms with Crippen LogP contribution in [-0.2, 0) is 5.33 Å². The summed E-state index contributed by atoms with van der Waals surface area (Å²) in [5, 5.41) is 3.77. The van der Waals surface area contributed by atoms with E-state index in [1.807, 2.05) is 12.1 Å². The van der Waals surface area contributed by atoms with E-state index in [4.69, 9.17) is 11.6 Å². The molecule has 0 saturated heterocycles. The van der Waals surface area contributed by atoms with Crippen LogP contribution in [0.25, 0.3) is 0 Å². The molecule has 1 aromatic heterocycles. The van der Waals surface area contributed by atoms with E-state index < -0.39 is 0 Å². The third-order valence-electron chi connectivity index (χ3n) is 2.38. The lowest BCUT2D eigenvalue weighted by Gasteiger charge is -2.06. The molecule has 0 bridgehead atoms. The largest absolute Gasteiger partial charge is 0.319 e. The average Bonchev–Trinajstić information content (AvgIpc) is 2.41. The molecule has 0 spiro atoms. The number of benzene rings is 1. The molecule has 0 unspecified atom stereocenters. The van der Waals surface area contributed by atoms with Gasteiger partial charge in [-0.3, -0.25) is 4.79 Å². The van der Waals surface area contributed by atoms with Crippen LogP contribution in [0.5, 0.6) is 0 Å². The number of hydrogen-bond acceptors (Lipinski definition) is 2. The van der Waals surface area contributed by atoms with Crippen molar-refractivity contribution in [3.05, 3.63) is 58.9 Å². The summed E-state index contributed by atoms with van der Waals surface area (Å²) >= 11 is 9.23. The van der Waals surface area contributed by atoms with Crippen molar-refractivity contribution in [1.82, 2.24) is 4.98 Å². The van der Waals surface area contributed by atoms with Gasteiger partial charge in [-0.2, -0.15) is 0 Å². The fourth-order valence-electron chi connectivity index (χ4n) is 1.42. The van der Waals surface area contributed by atoms with Crippen LogP contribution < -0.4 is 5.32 Å². The topological polar surface area (TPSA) is 42.0 Å². The summed E-state index contributed by atoms with van der Waals surface area (Å²) in [5.41, 5.74) is 2.21. The van der Waals surface area contributed by atoms with Crippen LogP contribution in [-0.4, -0.2) is 10.9 Å². The molecule has 18 heavy (non-hydrogen) atoms. The third-order valence-corrected chi connectivity index (χ3v) is 3.33. The normalized spacial score (nSPS) is 10.1. The predicted molar refractivity (Wildman–Crippen MR) is 76.3 cm³/mol. The highest BCUT2D eigenvalue weighted by molar-refractivity contribution is 9.08. The van der Waals surface area contributed by atoms with Crippen LogP contribution in [0.15, 0.2) is 42.6 Å². The quantitative estimate of drug-likeness (QED) is 0.687. The highest BCUT2D eigenvalue weighted by atomic mass is 79.9. The first-order valence-corrected chi connectivity index (χ1v) is 6.77. The first-order chi connectivity index (χ1) is 8.70. The zero-order valence-corrected chi connectivity index (χ0v) is 11.7. The number of pyridine rings is 1. The van der Waals surface area contributed by atoms with E-state index in [1.165, 1.54) is 0 Å². The van der Waals surface area contributed by atoms with E-state index in [-0.39, 0.29) is 11.1 Å². The summed E-state index contributed by atoms with van der Waals surface area (Å²) in [6, 6.07) is 10.8. The van der Waals surface area contributed by atoms with Gasteiger partial charge in [0.05, 0.1) is 5.69 Å². The molecule has 0 aliphatic heterocycles. The van der Waals surface area contributed by atoms with Crippen molar-refractivity contribution < 1.29 is 4.79 Å². The molecular weight excluding hydrogens is 316 g/mol. The van der Waals surface area contributed by atoms with Crippen LogP contribution in [0.1, 0.15) is 15.9 Å². The summed E-state index contributed by atoms with van der Waals surface area (Å²) in [7, 11) is 0. The Hall–Kier alpha value is -1.39. The third kappa shape index (κ3) is 3.09. The Morgan fingerprint density at radius 2 is 2.00 bits per heavy atom. The molecule has 0 fully saturated rings. The number of alkyl halides is 1. The molecular formula is C13H10BrClN2O. The number of anilines is 1. The fourth-order valence-corrected chi connectivity index (χ4v) is 1.96. The van der Waals surface area contributed by atoms with Gasteiger partial charge >= 0.3 is 0 Å². The lowest BCUT2D eigenvalue weighted by molar-refractivity contribution is 0.102. The zero-order chi connectivity index (χ0) is 13.0. The standard InChI is InChI=1S/C13H10BrClN2O/c14-8-9-3-5-10(6-4-9)13(18)17-11-2-1-7-16-12(11)15/h1-7H,8H2,(H,17,18). The summed E-state index contributed by atoms with van der Waals surface area (Å²) in [6.07, 6.45) is 1.57. The van der Waals surface area contributed by atoms with Crippen molar-refractivity contribution in [2.24, 2.45) is 0 Å². The van der Waals surface area contributed by atoms with Gasteiger partial charge in [-0.1, -0.05) is 39.7 Å². The van der Waals surface area contributed by atoms with Crippen molar-refractivity contribution in [3.8, 4) is 0 Å².